The number of para-hydroxylation sites is 1. The van der Waals surface area contributed by atoms with Gasteiger partial charge >= 0.3 is 0 Å². The maximum atomic E-state index is 12.8. The number of allylic oxidation sites excluding steroid dienone is 1. The molecule has 3 aliphatic rings. The number of piperazine rings is 1. The molecule has 2 saturated heterocycles. The minimum Gasteiger partial charge on any atom is -0.369 e. The zero-order chi connectivity index (χ0) is 19.3. The van der Waals surface area contributed by atoms with Gasteiger partial charge in [-0.25, -0.2) is 0 Å². The SMILES string of the molecule is Cc1ccccc1N1CCN(C2CCCN(C(=O)CC3=CCCCC3)C2)CC1. The van der Waals surface area contributed by atoms with Crippen molar-refractivity contribution < 1.29 is 4.79 Å². The number of piperidine rings is 1. The van der Waals surface area contributed by atoms with Crippen LogP contribution in [0, 0.1) is 6.92 Å². The summed E-state index contributed by atoms with van der Waals surface area (Å²) in [4.78, 5) is 20.1. The van der Waals surface area contributed by atoms with Crippen LogP contribution in [-0.4, -0.2) is 61.0 Å². The molecule has 4 rings (SSSR count). The van der Waals surface area contributed by atoms with Gasteiger partial charge in [0.05, 0.1) is 0 Å². The maximum Gasteiger partial charge on any atom is 0.226 e. The Morgan fingerprint density at radius 3 is 2.61 bits per heavy atom. The van der Waals surface area contributed by atoms with Crippen molar-refractivity contribution in [3.05, 3.63) is 41.5 Å². The van der Waals surface area contributed by atoms with Crippen LogP contribution in [0.25, 0.3) is 0 Å². The zero-order valence-corrected chi connectivity index (χ0v) is 17.4. The summed E-state index contributed by atoms with van der Waals surface area (Å²) < 4.78 is 0. The van der Waals surface area contributed by atoms with Gasteiger partial charge in [0.25, 0.3) is 0 Å². The number of carbonyl (C=O) groups is 1. The van der Waals surface area contributed by atoms with E-state index >= 15 is 0 Å². The molecule has 2 fully saturated rings. The molecule has 28 heavy (non-hydrogen) atoms. The fourth-order valence-corrected chi connectivity index (χ4v) is 5.10. The van der Waals surface area contributed by atoms with Crippen LogP contribution < -0.4 is 4.90 Å². The summed E-state index contributed by atoms with van der Waals surface area (Å²) in [6, 6.07) is 9.24. The zero-order valence-electron chi connectivity index (χ0n) is 17.4. The molecule has 2 aliphatic heterocycles. The van der Waals surface area contributed by atoms with Crippen LogP contribution in [0.5, 0.6) is 0 Å². The summed E-state index contributed by atoms with van der Waals surface area (Å²) in [7, 11) is 0. The second-order valence-electron chi connectivity index (χ2n) is 8.73. The van der Waals surface area contributed by atoms with Crippen LogP contribution in [0.15, 0.2) is 35.9 Å². The normalized spacial score (nSPS) is 24.2. The Labute approximate surface area is 170 Å². The fraction of sp³-hybridized carbons (Fsp3) is 0.625. The second kappa shape index (κ2) is 9.13. The van der Waals surface area contributed by atoms with E-state index in [1.54, 1.807) is 0 Å². The Balaban J connectivity index is 1.30. The van der Waals surface area contributed by atoms with E-state index in [-0.39, 0.29) is 0 Å². The van der Waals surface area contributed by atoms with Crippen LogP contribution in [0.3, 0.4) is 0 Å². The Morgan fingerprint density at radius 1 is 1.04 bits per heavy atom. The number of rotatable bonds is 4. The van der Waals surface area contributed by atoms with Crippen LogP contribution in [0.2, 0.25) is 0 Å². The monoisotopic (exact) mass is 381 g/mol. The van der Waals surface area contributed by atoms with Gasteiger partial charge in [0.1, 0.15) is 0 Å². The highest BCUT2D eigenvalue weighted by atomic mass is 16.2. The van der Waals surface area contributed by atoms with Gasteiger partial charge in [0.2, 0.25) is 5.91 Å². The highest BCUT2D eigenvalue weighted by molar-refractivity contribution is 5.79. The van der Waals surface area contributed by atoms with Crippen molar-refractivity contribution in [3.8, 4) is 0 Å². The number of likely N-dealkylation sites (tertiary alicyclic amines) is 1. The molecule has 1 unspecified atom stereocenters. The molecule has 1 amide bonds. The highest BCUT2D eigenvalue weighted by Crippen LogP contribution is 2.25. The third-order valence-corrected chi connectivity index (χ3v) is 6.80. The molecule has 0 saturated carbocycles. The first kappa shape index (κ1) is 19.5. The van der Waals surface area contributed by atoms with Crippen molar-refractivity contribution in [3.63, 3.8) is 0 Å². The second-order valence-corrected chi connectivity index (χ2v) is 8.73. The van der Waals surface area contributed by atoms with E-state index in [0.717, 1.165) is 58.5 Å². The number of benzene rings is 1. The lowest BCUT2D eigenvalue weighted by atomic mass is 9.96. The van der Waals surface area contributed by atoms with Gasteiger partial charge in [-0.2, -0.15) is 0 Å². The van der Waals surface area contributed by atoms with Gasteiger partial charge in [0, 0.05) is 57.4 Å². The number of carbonyl (C=O) groups excluding carboxylic acids is 1. The minimum atomic E-state index is 0.358. The topological polar surface area (TPSA) is 26.8 Å². The van der Waals surface area contributed by atoms with Crippen LogP contribution in [0.4, 0.5) is 5.69 Å². The predicted octanol–water partition coefficient (Wildman–Crippen LogP) is 4.00. The summed E-state index contributed by atoms with van der Waals surface area (Å²) in [5.74, 6) is 0.358. The van der Waals surface area contributed by atoms with E-state index in [0.29, 0.717) is 18.4 Å². The summed E-state index contributed by atoms with van der Waals surface area (Å²) >= 11 is 0. The summed E-state index contributed by atoms with van der Waals surface area (Å²) in [6.07, 6.45) is 10.2. The lowest BCUT2D eigenvalue weighted by Gasteiger charge is -2.44. The third-order valence-electron chi connectivity index (χ3n) is 6.80. The van der Waals surface area contributed by atoms with Crippen molar-refractivity contribution in [2.45, 2.75) is 57.9 Å². The van der Waals surface area contributed by atoms with Crippen LogP contribution in [0.1, 0.15) is 50.5 Å². The minimum absolute atomic E-state index is 0.358. The molecular formula is C24H35N3O. The van der Waals surface area contributed by atoms with Gasteiger partial charge in [-0.15, -0.1) is 0 Å². The lowest BCUT2D eigenvalue weighted by molar-refractivity contribution is -0.132. The van der Waals surface area contributed by atoms with Gasteiger partial charge in [0.15, 0.2) is 0 Å². The van der Waals surface area contributed by atoms with Gasteiger partial charge in [-0.05, 0) is 57.1 Å². The Hall–Kier alpha value is -1.81. The summed E-state index contributed by atoms with van der Waals surface area (Å²) in [5.41, 5.74) is 4.12. The van der Waals surface area contributed by atoms with Crippen molar-refractivity contribution in [2.75, 3.05) is 44.2 Å². The molecule has 1 aromatic carbocycles. The predicted molar refractivity (Wildman–Crippen MR) is 116 cm³/mol. The fourth-order valence-electron chi connectivity index (χ4n) is 5.10. The standard InChI is InChI=1S/C24H35N3O/c1-20-8-5-6-12-23(20)26-16-14-25(15-17-26)22-11-7-13-27(19-22)24(28)18-21-9-3-2-4-10-21/h5-6,8-9,12,22H,2-4,7,10-11,13-19H2,1H3. The number of aryl methyl sites for hydroxylation is 1. The highest BCUT2D eigenvalue weighted by Gasteiger charge is 2.30. The number of hydrogen-bond donors (Lipinski definition) is 0. The molecule has 1 aliphatic carbocycles. The average molecular weight is 382 g/mol. The molecule has 2 heterocycles. The Kier molecular flexibility index (Phi) is 6.36. The van der Waals surface area contributed by atoms with Crippen molar-refractivity contribution >= 4 is 11.6 Å². The first-order valence-electron chi connectivity index (χ1n) is 11.2. The number of hydrogen-bond acceptors (Lipinski definition) is 3. The van der Waals surface area contributed by atoms with Crippen LogP contribution >= 0.6 is 0 Å². The van der Waals surface area contributed by atoms with Gasteiger partial charge < -0.3 is 9.80 Å². The van der Waals surface area contributed by atoms with E-state index < -0.39 is 0 Å². The molecule has 0 spiro atoms. The van der Waals surface area contributed by atoms with Crippen molar-refractivity contribution in [1.82, 2.24) is 9.80 Å². The molecular weight excluding hydrogens is 346 g/mol. The molecule has 4 heteroatoms. The van der Waals surface area contributed by atoms with Crippen molar-refractivity contribution in [1.29, 1.82) is 0 Å². The van der Waals surface area contributed by atoms with Crippen LogP contribution in [-0.2, 0) is 4.79 Å². The summed E-state index contributed by atoms with van der Waals surface area (Å²) in [6.45, 7) is 8.46. The van der Waals surface area contributed by atoms with Gasteiger partial charge in [-0.3, -0.25) is 9.69 Å². The molecule has 0 N–H and O–H groups in total. The first-order valence-corrected chi connectivity index (χ1v) is 11.2. The number of anilines is 1. The van der Waals surface area contributed by atoms with E-state index in [9.17, 15) is 4.79 Å². The number of amides is 1. The molecule has 0 radical (unpaired) electrons. The smallest absolute Gasteiger partial charge is 0.226 e. The van der Waals surface area contributed by atoms with E-state index in [4.69, 9.17) is 0 Å². The molecule has 4 nitrogen and oxygen atoms in total. The van der Waals surface area contributed by atoms with Gasteiger partial charge in [-0.1, -0.05) is 29.8 Å². The molecule has 1 atom stereocenters. The summed E-state index contributed by atoms with van der Waals surface area (Å²) in [5, 5.41) is 0. The maximum absolute atomic E-state index is 12.8. The molecule has 1 aromatic rings. The third kappa shape index (κ3) is 4.60. The van der Waals surface area contributed by atoms with E-state index in [1.807, 2.05) is 0 Å². The Morgan fingerprint density at radius 2 is 1.86 bits per heavy atom. The molecule has 0 bridgehead atoms. The van der Waals surface area contributed by atoms with Crippen molar-refractivity contribution in [2.24, 2.45) is 0 Å². The largest absolute Gasteiger partial charge is 0.369 e. The quantitative estimate of drug-likeness (QED) is 0.738. The molecule has 152 valence electrons. The van der Waals surface area contributed by atoms with E-state index in [1.165, 1.54) is 36.1 Å². The average Bonchev–Trinajstić information content (AvgIpc) is 2.75. The lowest BCUT2D eigenvalue weighted by Crippen LogP contribution is -2.56. The Bertz CT molecular complexity index is 706. The van der Waals surface area contributed by atoms with E-state index in [2.05, 4.69) is 52.0 Å². The number of nitrogens with zero attached hydrogens (tertiary/aromatic N) is 3. The first-order chi connectivity index (χ1) is 13.7. The molecule has 0 aromatic heterocycles.